The number of benzene rings is 1. The summed E-state index contributed by atoms with van der Waals surface area (Å²) in [6.07, 6.45) is 1.51. The highest BCUT2D eigenvalue weighted by atomic mass is 16.6. The van der Waals surface area contributed by atoms with Crippen molar-refractivity contribution >= 4 is 11.8 Å². The van der Waals surface area contributed by atoms with Gasteiger partial charge in [-0.15, -0.1) is 0 Å². The summed E-state index contributed by atoms with van der Waals surface area (Å²) in [5.74, 6) is 0. The van der Waals surface area contributed by atoms with E-state index in [1.54, 1.807) is 36.2 Å². The van der Waals surface area contributed by atoms with E-state index in [0.29, 0.717) is 0 Å². The Bertz CT molecular complexity index is 602. The zero-order valence-corrected chi connectivity index (χ0v) is 15.4. The first kappa shape index (κ1) is 19.2. The van der Waals surface area contributed by atoms with Gasteiger partial charge in [-0.25, -0.2) is 4.79 Å². The summed E-state index contributed by atoms with van der Waals surface area (Å²) < 4.78 is 5.42. The summed E-state index contributed by atoms with van der Waals surface area (Å²) in [4.78, 5) is 26.5. The lowest BCUT2D eigenvalue weighted by molar-refractivity contribution is -0.384. The van der Waals surface area contributed by atoms with Crippen molar-refractivity contribution in [3.8, 4) is 0 Å². The SMILES string of the molecule is CN(C(=O)OC(C)(C)C)C1CCN(Cc2ccc([N+](=O)[O-])cc2)CC1. The van der Waals surface area contributed by atoms with Crippen molar-refractivity contribution < 1.29 is 14.5 Å². The van der Waals surface area contributed by atoms with E-state index in [-0.39, 0.29) is 22.7 Å². The molecule has 1 aliphatic heterocycles. The quantitative estimate of drug-likeness (QED) is 0.615. The van der Waals surface area contributed by atoms with Crippen LogP contribution >= 0.6 is 0 Å². The summed E-state index contributed by atoms with van der Waals surface area (Å²) >= 11 is 0. The number of nitro benzene ring substituents is 1. The Morgan fingerprint density at radius 2 is 1.84 bits per heavy atom. The van der Waals surface area contributed by atoms with Crippen LogP contribution in [0.5, 0.6) is 0 Å². The predicted octanol–water partition coefficient (Wildman–Crippen LogP) is 3.43. The highest BCUT2D eigenvalue weighted by Crippen LogP contribution is 2.20. The number of piperidine rings is 1. The molecule has 0 N–H and O–H groups in total. The zero-order chi connectivity index (χ0) is 18.6. The molecule has 0 aromatic heterocycles. The Labute approximate surface area is 148 Å². The minimum absolute atomic E-state index is 0.112. The largest absolute Gasteiger partial charge is 0.444 e. The standard InChI is InChI=1S/C18H27N3O4/c1-18(2,3)25-17(22)19(4)15-9-11-20(12-10-15)13-14-5-7-16(8-6-14)21(23)24/h5-8,15H,9-13H2,1-4H3. The molecule has 1 saturated heterocycles. The number of carbonyl (C=O) groups is 1. The van der Waals surface area contributed by atoms with Crippen LogP contribution in [0, 0.1) is 10.1 Å². The molecule has 0 unspecified atom stereocenters. The molecular formula is C18H27N3O4. The topological polar surface area (TPSA) is 75.9 Å². The van der Waals surface area contributed by atoms with Crippen LogP contribution in [0.4, 0.5) is 10.5 Å². The van der Waals surface area contributed by atoms with E-state index >= 15 is 0 Å². The van der Waals surface area contributed by atoms with E-state index in [1.165, 1.54) is 0 Å². The van der Waals surface area contributed by atoms with Crippen molar-refractivity contribution in [3.05, 3.63) is 39.9 Å². The van der Waals surface area contributed by atoms with Crippen LogP contribution in [-0.2, 0) is 11.3 Å². The number of ether oxygens (including phenoxy) is 1. The number of carbonyl (C=O) groups excluding carboxylic acids is 1. The van der Waals surface area contributed by atoms with Gasteiger partial charge in [0.2, 0.25) is 0 Å². The second kappa shape index (κ2) is 7.82. The fraction of sp³-hybridized carbons (Fsp3) is 0.611. The van der Waals surface area contributed by atoms with Crippen LogP contribution in [-0.4, -0.2) is 52.6 Å². The number of non-ortho nitro benzene ring substituents is 1. The number of nitrogens with zero attached hydrogens (tertiary/aromatic N) is 3. The van der Waals surface area contributed by atoms with E-state index in [0.717, 1.165) is 38.0 Å². The normalized spacial score (nSPS) is 16.5. The molecule has 0 atom stereocenters. The molecule has 138 valence electrons. The predicted molar refractivity (Wildman–Crippen MR) is 95.4 cm³/mol. The molecule has 1 amide bonds. The molecule has 0 bridgehead atoms. The molecule has 0 radical (unpaired) electrons. The van der Waals surface area contributed by atoms with Gasteiger partial charge in [-0.1, -0.05) is 12.1 Å². The minimum Gasteiger partial charge on any atom is -0.444 e. The number of hydrogen-bond acceptors (Lipinski definition) is 5. The van der Waals surface area contributed by atoms with Gasteiger partial charge in [-0.2, -0.15) is 0 Å². The average Bonchev–Trinajstić information content (AvgIpc) is 2.54. The Kier molecular flexibility index (Phi) is 6.00. The van der Waals surface area contributed by atoms with Crippen LogP contribution in [0.3, 0.4) is 0 Å². The van der Waals surface area contributed by atoms with Gasteiger partial charge in [0, 0.05) is 44.9 Å². The first-order valence-electron chi connectivity index (χ1n) is 8.57. The van der Waals surface area contributed by atoms with Crippen molar-refractivity contribution in [2.24, 2.45) is 0 Å². The van der Waals surface area contributed by atoms with Crippen molar-refractivity contribution in [3.63, 3.8) is 0 Å². The van der Waals surface area contributed by atoms with E-state index in [1.807, 2.05) is 20.8 Å². The molecule has 1 aromatic carbocycles. The van der Waals surface area contributed by atoms with E-state index in [4.69, 9.17) is 4.74 Å². The van der Waals surface area contributed by atoms with Gasteiger partial charge in [-0.3, -0.25) is 15.0 Å². The summed E-state index contributed by atoms with van der Waals surface area (Å²) in [6.45, 7) is 8.13. The van der Waals surface area contributed by atoms with Crippen LogP contribution in [0.1, 0.15) is 39.2 Å². The molecule has 7 heteroatoms. The van der Waals surface area contributed by atoms with Gasteiger partial charge < -0.3 is 9.64 Å². The molecule has 0 aliphatic carbocycles. The summed E-state index contributed by atoms with van der Waals surface area (Å²) in [6, 6.07) is 6.87. The number of rotatable bonds is 4. The number of likely N-dealkylation sites (tertiary alicyclic amines) is 1. The Balaban J connectivity index is 1.83. The molecule has 7 nitrogen and oxygen atoms in total. The molecule has 2 rings (SSSR count). The first-order chi connectivity index (χ1) is 11.7. The molecule has 1 fully saturated rings. The lowest BCUT2D eigenvalue weighted by atomic mass is 10.0. The molecular weight excluding hydrogens is 322 g/mol. The Hall–Kier alpha value is -2.15. The molecule has 0 spiro atoms. The van der Waals surface area contributed by atoms with E-state index < -0.39 is 5.60 Å². The van der Waals surface area contributed by atoms with Gasteiger partial charge >= 0.3 is 6.09 Å². The molecule has 0 saturated carbocycles. The molecule has 1 aliphatic rings. The third-order valence-electron chi connectivity index (χ3n) is 4.34. The van der Waals surface area contributed by atoms with Crippen molar-refractivity contribution in [2.45, 2.75) is 51.8 Å². The van der Waals surface area contributed by atoms with Gasteiger partial charge in [0.05, 0.1) is 4.92 Å². The maximum Gasteiger partial charge on any atom is 0.410 e. The van der Waals surface area contributed by atoms with Crippen LogP contribution < -0.4 is 0 Å². The highest BCUT2D eigenvalue weighted by molar-refractivity contribution is 5.68. The zero-order valence-electron chi connectivity index (χ0n) is 15.4. The van der Waals surface area contributed by atoms with Crippen LogP contribution in [0.15, 0.2) is 24.3 Å². The third kappa shape index (κ3) is 5.70. The third-order valence-corrected chi connectivity index (χ3v) is 4.34. The van der Waals surface area contributed by atoms with E-state index in [2.05, 4.69) is 4.90 Å². The number of hydrogen-bond donors (Lipinski definition) is 0. The second-order valence-corrected chi connectivity index (χ2v) is 7.52. The van der Waals surface area contributed by atoms with Crippen LogP contribution in [0.2, 0.25) is 0 Å². The molecule has 1 aromatic rings. The van der Waals surface area contributed by atoms with E-state index in [9.17, 15) is 14.9 Å². The average molecular weight is 349 g/mol. The molecule has 1 heterocycles. The Morgan fingerprint density at radius 1 is 1.28 bits per heavy atom. The lowest BCUT2D eigenvalue weighted by Crippen LogP contribution is -2.46. The van der Waals surface area contributed by atoms with Gasteiger partial charge in [0.25, 0.3) is 5.69 Å². The maximum absolute atomic E-state index is 12.2. The highest BCUT2D eigenvalue weighted by Gasteiger charge is 2.28. The van der Waals surface area contributed by atoms with Crippen molar-refractivity contribution in [1.82, 2.24) is 9.80 Å². The summed E-state index contributed by atoms with van der Waals surface area (Å²) in [5, 5.41) is 10.7. The number of nitro groups is 1. The van der Waals surface area contributed by atoms with Crippen LogP contribution in [0.25, 0.3) is 0 Å². The summed E-state index contributed by atoms with van der Waals surface area (Å²) in [5.41, 5.74) is 0.688. The van der Waals surface area contributed by atoms with Crippen molar-refractivity contribution in [2.75, 3.05) is 20.1 Å². The maximum atomic E-state index is 12.2. The monoisotopic (exact) mass is 349 g/mol. The van der Waals surface area contributed by atoms with Gasteiger partial charge in [-0.05, 0) is 39.2 Å². The fourth-order valence-electron chi connectivity index (χ4n) is 2.93. The fourth-order valence-corrected chi connectivity index (χ4v) is 2.93. The minimum atomic E-state index is -0.484. The lowest BCUT2D eigenvalue weighted by Gasteiger charge is -2.37. The number of amides is 1. The van der Waals surface area contributed by atoms with Gasteiger partial charge in [0.15, 0.2) is 0 Å². The van der Waals surface area contributed by atoms with Gasteiger partial charge in [0.1, 0.15) is 5.60 Å². The molecule has 25 heavy (non-hydrogen) atoms. The second-order valence-electron chi connectivity index (χ2n) is 7.52. The summed E-state index contributed by atoms with van der Waals surface area (Å²) in [7, 11) is 1.80. The first-order valence-corrected chi connectivity index (χ1v) is 8.57. The van der Waals surface area contributed by atoms with Crippen molar-refractivity contribution in [1.29, 1.82) is 0 Å². The Morgan fingerprint density at radius 3 is 2.32 bits per heavy atom. The smallest absolute Gasteiger partial charge is 0.410 e.